The van der Waals surface area contributed by atoms with Crippen molar-refractivity contribution in [2.75, 3.05) is 74.2 Å². The number of benzene rings is 1. The molecule has 8 nitrogen and oxygen atoms in total. The summed E-state index contributed by atoms with van der Waals surface area (Å²) in [4.78, 5) is 29.0. The smallest absolute Gasteiger partial charge is 0.209 e. The summed E-state index contributed by atoms with van der Waals surface area (Å²) in [5.41, 5.74) is 1.14. The van der Waals surface area contributed by atoms with Crippen molar-refractivity contribution in [2.45, 2.75) is 6.92 Å². The number of aromatic nitrogens is 2. The van der Waals surface area contributed by atoms with Crippen LogP contribution < -0.4 is 19.4 Å². The van der Waals surface area contributed by atoms with Crippen LogP contribution in [0.25, 0.3) is 0 Å². The molecule has 4 rings (SSSR count). The first-order valence-electron chi connectivity index (χ1n) is 10.1. The molecule has 0 bridgehead atoms. The van der Waals surface area contributed by atoms with Gasteiger partial charge < -0.3 is 24.3 Å². The van der Waals surface area contributed by atoms with Crippen LogP contribution in [0.1, 0.15) is 5.82 Å². The first-order chi connectivity index (χ1) is 14.2. The molecule has 0 spiro atoms. The topological polar surface area (TPSA) is 65.0 Å². The zero-order chi connectivity index (χ0) is 20.2. The number of para-hydroxylation sites is 2. The molecule has 2 aliphatic rings. The van der Waals surface area contributed by atoms with Gasteiger partial charge in [0.05, 0.1) is 12.8 Å². The van der Waals surface area contributed by atoms with E-state index in [-0.39, 0.29) is 0 Å². The Hall–Kier alpha value is -3.03. The predicted molar refractivity (Wildman–Crippen MR) is 114 cm³/mol. The van der Waals surface area contributed by atoms with Crippen LogP contribution in [0.2, 0.25) is 0 Å². The van der Waals surface area contributed by atoms with Crippen LogP contribution in [0.15, 0.2) is 30.3 Å². The third kappa shape index (κ3) is 4.21. The van der Waals surface area contributed by atoms with Crippen molar-refractivity contribution in [1.82, 2.24) is 14.9 Å². The summed E-state index contributed by atoms with van der Waals surface area (Å²) >= 11 is 0. The molecule has 2 aliphatic heterocycles. The Balaban J connectivity index is 1.45. The van der Waals surface area contributed by atoms with Crippen molar-refractivity contribution in [2.24, 2.45) is 0 Å². The predicted octanol–water partition coefficient (Wildman–Crippen LogP) is 1.40. The minimum Gasteiger partial charge on any atom is -0.495 e. The van der Waals surface area contributed by atoms with Gasteiger partial charge in [0.25, 0.3) is 0 Å². The zero-order valence-electron chi connectivity index (χ0n) is 17.1. The van der Waals surface area contributed by atoms with Crippen LogP contribution in [0.4, 0.5) is 17.3 Å². The maximum absolute atomic E-state index is 11.0. The molecule has 8 heteroatoms. The fourth-order valence-corrected chi connectivity index (χ4v) is 3.98. The number of anilines is 3. The van der Waals surface area contributed by atoms with Gasteiger partial charge in [0.15, 0.2) is 0 Å². The number of piperazine rings is 2. The lowest BCUT2D eigenvalue weighted by Crippen LogP contribution is -2.47. The van der Waals surface area contributed by atoms with E-state index < -0.39 is 0 Å². The first-order valence-corrected chi connectivity index (χ1v) is 10.1. The van der Waals surface area contributed by atoms with Crippen molar-refractivity contribution in [3.05, 3.63) is 36.2 Å². The minimum absolute atomic E-state index is 0.736. The lowest BCUT2D eigenvalue weighted by atomic mass is 10.2. The number of methoxy groups -OCH3 is 1. The van der Waals surface area contributed by atoms with Crippen LogP contribution >= 0.6 is 0 Å². The average molecular weight is 396 g/mol. The molecule has 0 N–H and O–H groups in total. The molecule has 2 saturated heterocycles. The highest BCUT2D eigenvalue weighted by atomic mass is 16.5. The molecule has 1 aromatic carbocycles. The molecule has 0 radical (unpaired) electrons. The van der Waals surface area contributed by atoms with Crippen LogP contribution in [0.5, 0.6) is 5.75 Å². The van der Waals surface area contributed by atoms with E-state index >= 15 is 0 Å². The fourth-order valence-electron chi connectivity index (χ4n) is 3.98. The number of hydrogen-bond acceptors (Lipinski definition) is 7. The second-order valence-electron chi connectivity index (χ2n) is 7.41. The van der Waals surface area contributed by atoms with E-state index in [0.717, 1.165) is 87.7 Å². The average Bonchev–Trinajstić information content (AvgIpc) is 2.79. The summed E-state index contributed by atoms with van der Waals surface area (Å²) in [6.07, 6.45) is 0.926. The van der Waals surface area contributed by atoms with Crippen molar-refractivity contribution in [1.29, 1.82) is 0 Å². The third-order valence-electron chi connectivity index (χ3n) is 5.63. The molecule has 154 valence electrons. The number of nitrogens with zero attached hydrogens (tertiary/aromatic N) is 6. The van der Waals surface area contributed by atoms with Gasteiger partial charge in [0.1, 0.15) is 23.2 Å². The standard InChI is InChI=1S/C21H28N6O2/c1-17-22-20(26-9-7-24(16-28)8-10-26)15-21(23-17)27-13-11-25(12-14-27)18-5-3-4-6-19(18)29-2/h3-6,15-16H,7-14H2,1-2H3. The Bertz CT molecular complexity index is 845. The maximum Gasteiger partial charge on any atom is 0.209 e. The number of amides is 1. The van der Waals surface area contributed by atoms with Gasteiger partial charge >= 0.3 is 0 Å². The van der Waals surface area contributed by atoms with E-state index in [9.17, 15) is 4.79 Å². The minimum atomic E-state index is 0.736. The van der Waals surface area contributed by atoms with Crippen molar-refractivity contribution < 1.29 is 9.53 Å². The van der Waals surface area contributed by atoms with Gasteiger partial charge in [-0.15, -0.1) is 0 Å². The molecule has 1 aromatic heterocycles. The largest absolute Gasteiger partial charge is 0.495 e. The van der Waals surface area contributed by atoms with Gasteiger partial charge in [0, 0.05) is 58.4 Å². The molecule has 1 amide bonds. The van der Waals surface area contributed by atoms with Crippen molar-refractivity contribution in [3.63, 3.8) is 0 Å². The zero-order valence-corrected chi connectivity index (χ0v) is 17.1. The Morgan fingerprint density at radius 1 is 0.862 bits per heavy atom. The summed E-state index contributed by atoms with van der Waals surface area (Å²) in [6, 6.07) is 10.3. The molecule has 3 heterocycles. The highest BCUT2D eigenvalue weighted by Crippen LogP contribution is 2.29. The van der Waals surface area contributed by atoms with E-state index in [4.69, 9.17) is 9.72 Å². The van der Waals surface area contributed by atoms with Gasteiger partial charge in [-0.3, -0.25) is 4.79 Å². The number of aryl methyl sites for hydroxylation is 1. The van der Waals surface area contributed by atoms with E-state index in [1.54, 1.807) is 7.11 Å². The van der Waals surface area contributed by atoms with Gasteiger partial charge in [0.2, 0.25) is 6.41 Å². The van der Waals surface area contributed by atoms with Crippen LogP contribution in [-0.2, 0) is 4.79 Å². The second kappa shape index (κ2) is 8.55. The number of carbonyl (C=O) groups excluding carboxylic acids is 1. The summed E-state index contributed by atoms with van der Waals surface area (Å²) in [5.74, 6) is 3.62. The Labute approximate surface area is 171 Å². The summed E-state index contributed by atoms with van der Waals surface area (Å²) in [6.45, 7) is 8.64. The monoisotopic (exact) mass is 396 g/mol. The molecule has 2 fully saturated rings. The molecular formula is C21H28N6O2. The normalized spacial score (nSPS) is 17.4. The Kier molecular flexibility index (Phi) is 5.69. The molecule has 0 atom stereocenters. The van der Waals surface area contributed by atoms with Gasteiger partial charge in [-0.05, 0) is 19.1 Å². The second-order valence-corrected chi connectivity index (χ2v) is 7.41. The number of hydrogen-bond donors (Lipinski definition) is 0. The SMILES string of the molecule is COc1ccccc1N1CCN(c2cc(N3CCN(C=O)CC3)nc(C)n2)CC1. The third-order valence-corrected chi connectivity index (χ3v) is 5.63. The van der Waals surface area contributed by atoms with Crippen molar-refractivity contribution >= 4 is 23.7 Å². The first kappa shape index (κ1) is 19.3. The highest BCUT2D eigenvalue weighted by Gasteiger charge is 2.23. The van der Waals surface area contributed by atoms with Gasteiger partial charge in [-0.2, -0.15) is 0 Å². The van der Waals surface area contributed by atoms with Crippen LogP contribution in [-0.4, -0.2) is 80.7 Å². The summed E-state index contributed by atoms with van der Waals surface area (Å²) in [7, 11) is 1.72. The molecule has 0 aliphatic carbocycles. The number of carbonyl (C=O) groups is 1. The van der Waals surface area contributed by atoms with E-state index in [0.29, 0.717) is 0 Å². The summed E-state index contributed by atoms with van der Waals surface area (Å²) < 4.78 is 5.52. The molecule has 0 unspecified atom stereocenters. The summed E-state index contributed by atoms with van der Waals surface area (Å²) in [5, 5.41) is 0. The maximum atomic E-state index is 11.0. The Morgan fingerprint density at radius 3 is 2.00 bits per heavy atom. The number of rotatable bonds is 5. The number of ether oxygens (including phenoxy) is 1. The lowest BCUT2D eigenvalue weighted by Gasteiger charge is -2.38. The molecule has 2 aromatic rings. The van der Waals surface area contributed by atoms with Gasteiger partial charge in [-0.25, -0.2) is 9.97 Å². The fraction of sp³-hybridized carbons (Fsp3) is 0.476. The molecule has 29 heavy (non-hydrogen) atoms. The quantitative estimate of drug-likeness (QED) is 0.708. The van der Waals surface area contributed by atoms with E-state index in [1.165, 1.54) is 0 Å². The highest BCUT2D eigenvalue weighted by molar-refractivity contribution is 5.60. The van der Waals surface area contributed by atoms with Crippen LogP contribution in [0.3, 0.4) is 0 Å². The van der Waals surface area contributed by atoms with Crippen LogP contribution in [0, 0.1) is 6.92 Å². The Morgan fingerprint density at radius 2 is 1.41 bits per heavy atom. The van der Waals surface area contributed by atoms with E-state index in [1.807, 2.05) is 24.0 Å². The molecule has 0 saturated carbocycles. The van der Waals surface area contributed by atoms with E-state index in [2.05, 4.69) is 37.9 Å². The van der Waals surface area contributed by atoms with Crippen molar-refractivity contribution in [3.8, 4) is 5.75 Å². The molecular weight excluding hydrogens is 368 g/mol. The lowest BCUT2D eigenvalue weighted by molar-refractivity contribution is -0.118. The van der Waals surface area contributed by atoms with Gasteiger partial charge in [-0.1, -0.05) is 12.1 Å².